The summed E-state index contributed by atoms with van der Waals surface area (Å²) in [5, 5.41) is 10.5. The molecule has 3 heteroatoms. The second kappa shape index (κ2) is 3.05. The zero-order valence-electron chi connectivity index (χ0n) is 11.0. The van der Waals surface area contributed by atoms with E-state index in [1.165, 1.54) is 0 Å². The fourth-order valence-electron chi connectivity index (χ4n) is 4.25. The highest BCUT2D eigenvalue weighted by molar-refractivity contribution is 5.76. The highest BCUT2D eigenvalue weighted by Crippen LogP contribution is 2.63. The average Bonchev–Trinajstić information content (AvgIpc) is 2.44. The molecule has 4 rings (SSSR count). The van der Waals surface area contributed by atoms with Crippen molar-refractivity contribution >= 4 is 5.97 Å². The number of carbonyl (C=O) groups is 1. The van der Waals surface area contributed by atoms with E-state index in [0.29, 0.717) is 18.3 Å². The largest absolute Gasteiger partial charge is 0.459 e. The molecule has 4 saturated carbocycles. The third kappa shape index (κ3) is 1.62. The van der Waals surface area contributed by atoms with E-state index in [1.807, 2.05) is 20.8 Å². The van der Waals surface area contributed by atoms with Gasteiger partial charge in [0.2, 0.25) is 0 Å². The fraction of sp³-hybridized carbons (Fsp3) is 0.929. The zero-order valence-corrected chi connectivity index (χ0v) is 11.0. The first-order valence-corrected chi connectivity index (χ1v) is 6.68. The van der Waals surface area contributed by atoms with Crippen molar-refractivity contribution in [3.8, 4) is 0 Å². The van der Waals surface area contributed by atoms with Crippen LogP contribution in [0.1, 0.15) is 52.9 Å². The van der Waals surface area contributed by atoms with Gasteiger partial charge in [-0.2, -0.15) is 0 Å². The highest BCUT2D eigenvalue weighted by Gasteiger charge is 2.65. The second-order valence-electron chi connectivity index (χ2n) is 7.51. The zero-order chi connectivity index (χ0) is 12.5. The Labute approximate surface area is 103 Å². The van der Waals surface area contributed by atoms with Gasteiger partial charge in [0.15, 0.2) is 0 Å². The molecular weight excluding hydrogens is 216 g/mol. The van der Waals surface area contributed by atoms with Crippen LogP contribution in [0, 0.1) is 17.3 Å². The predicted molar refractivity (Wildman–Crippen MR) is 63.3 cm³/mol. The minimum absolute atomic E-state index is 0.122. The molecule has 4 bridgehead atoms. The molecule has 4 fully saturated rings. The first kappa shape index (κ1) is 11.5. The summed E-state index contributed by atoms with van der Waals surface area (Å²) in [5.41, 5.74) is -1.32. The second-order valence-corrected chi connectivity index (χ2v) is 7.51. The standard InChI is InChI=1S/C14H22O3/c1-12(2,3)11(15)17-13-5-9-4-10(7-13)14(16,6-9)8-13/h9-10,16H,4-8H2,1-3H3. The summed E-state index contributed by atoms with van der Waals surface area (Å²) >= 11 is 0. The monoisotopic (exact) mass is 238 g/mol. The third-order valence-electron chi connectivity index (χ3n) is 4.85. The maximum absolute atomic E-state index is 12.0. The van der Waals surface area contributed by atoms with Crippen LogP contribution in [0.15, 0.2) is 0 Å². The van der Waals surface area contributed by atoms with Gasteiger partial charge in [0.1, 0.15) is 5.60 Å². The minimum atomic E-state index is -0.527. The van der Waals surface area contributed by atoms with Gasteiger partial charge in [-0.1, -0.05) is 0 Å². The van der Waals surface area contributed by atoms with E-state index in [4.69, 9.17) is 4.74 Å². The maximum atomic E-state index is 12.0. The summed E-state index contributed by atoms with van der Waals surface area (Å²) in [5.74, 6) is 0.817. The van der Waals surface area contributed by atoms with Crippen molar-refractivity contribution in [2.75, 3.05) is 0 Å². The number of ether oxygens (including phenoxy) is 1. The summed E-state index contributed by atoms with van der Waals surface area (Å²) < 4.78 is 5.80. The van der Waals surface area contributed by atoms with Crippen LogP contribution in [-0.4, -0.2) is 22.3 Å². The van der Waals surface area contributed by atoms with Gasteiger partial charge in [0.25, 0.3) is 0 Å². The lowest BCUT2D eigenvalue weighted by Crippen LogP contribution is -2.44. The molecule has 0 aliphatic heterocycles. The first-order chi connectivity index (χ1) is 7.73. The van der Waals surface area contributed by atoms with E-state index in [-0.39, 0.29) is 11.6 Å². The molecule has 4 aliphatic carbocycles. The molecule has 3 nitrogen and oxygen atoms in total. The molecule has 1 N–H and O–H groups in total. The van der Waals surface area contributed by atoms with Crippen LogP contribution in [0.25, 0.3) is 0 Å². The van der Waals surface area contributed by atoms with Crippen molar-refractivity contribution in [1.82, 2.24) is 0 Å². The first-order valence-electron chi connectivity index (χ1n) is 6.68. The smallest absolute Gasteiger partial charge is 0.311 e. The van der Waals surface area contributed by atoms with Gasteiger partial charge in [-0.15, -0.1) is 0 Å². The average molecular weight is 238 g/mol. The minimum Gasteiger partial charge on any atom is -0.459 e. The Kier molecular flexibility index (Phi) is 2.07. The van der Waals surface area contributed by atoms with Gasteiger partial charge in [-0.3, -0.25) is 4.79 Å². The van der Waals surface area contributed by atoms with Crippen molar-refractivity contribution in [1.29, 1.82) is 0 Å². The number of aliphatic hydroxyl groups is 1. The van der Waals surface area contributed by atoms with E-state index in [2.05, 4.69) is 0 Å². The number of carbonyl (C=O) groups excluding carboxylic acids is 1. The van der Waals surface area contributed by atoms with Crippen LogP contribution < -0.4 is 0 Å². The summed E-state index contributed by atoms with van der Waals surface area (Å²) in [7, 11) is 0. The molecule has 4 unspecified atom stereocenters. The Balaban J connectivity index is 1.79. The molecule has 0 heterocycles. The molecule has 96 valence electrons. The molecule has 17 heavy (non-hydrogen) atoms. The summed E-state index contributed by atoms with van der Waals surface area (Å²) in [6, 6.07) is 0. The van der Waals surface area contributed by atoms with Crippen LogP contribution >= 0.6 is 0 Å². The van der Waals surface area contributed by atoms with Crippen molar-refractivity contribution in [2.24, 2.45) is 17.3 Å². The maximum Gasteiger partial charge on any atom is 0.311 e. The molecule has 0 aromatic rings. The Hall–Kier alpha value is -0.570. The lowest BCUT2D eigenvalue weighted by Gasteiger charge is -2.40. The predicted octanol–water partition coefficient (Wildman–Crippen LogP) is 2.27. The van der Waals surface area contributed by atoms with Crippen molar-refractivity contribution in [3.63, 3.8) is 0 Å². The van der Waals surface area contributed by atoms with Gasteiger partial charge in [0, 0.05) is 6.42 Å². The van der Waals surface area contributed by atoms with Crippen LogP contribution in [0.2, 0.25) is 0 Å². The quantitative estimate of drug-likeness (QED) is 0.713. The van der Waals surface area contributed by atoms with E-state index >= 15 is 0 Å². The lowest BCUT2D eigenvalue weighted by atomic mass is 9.77. The van der Waals surface area contributed by atoms with Crippen LogP contribution in [0.4, 0.5) is 0 Å². The number of hydrogen-bond donors (Lipinski definition) is 1. The van der Waals surface area contributed by atoms with Crippen LogP contribution in [-0.2, 0) is 9.53 Å². The molecule has 4 aliphatic rings. The number of esters is 1. The van der Waals surface area contributed by atoms with Gasteiger partial charge in [0.05, 0.1) is 11.0 Å². The van der Waals surface area contributed by atoms with Crippen molar-refractivity contribution < 1.29 is 14.6 Å². The third-order valence-corrected chi connectivity index (χ3v) is 4.85. The topological polar surface area (TPSA) is 46.5 Å². The summed E-state index contributed by atoms with van der Waals surface area (Å²) in [6.07, 6.45) is 4.57. The Bertz CT molecular complexity index is 370. The van der Waals surface area contributed by atoms with E-state index in [0.717, 1.165) is 25.7 Å². The number of hydrogen-bond acceptors (Lipinski definition) is 3. The van der Waals surface area contributed by atoms with E-state index in [1.54, 1.807) is 0 Å². The van der Waals surface area contributed by atoms with Crippen LogP contribution in [0.3, 0.4) is 0 Å². The lowest BCUT2D eigenvalue weighted by molar-refractivity contribution is -0.176. The number of rotatable bonds is 1. The molecule has 0 spiro atoms. The highest BCUT2D eigenvalue weighted by atomic mass is 16.6. The molecule has 0 saturated heterocycles. The molecule has 0 amide bonds. The van der Waals surface area contributed by atoms with Gasteiger partial charge < -0.3 is 9.84 Å². The van der Waals surface area contributed by atoms with Crippen molar-refractivity contribution in [3.05, 3.63) is 0 Å². The molecule has 0 aromatic heterocycles. The Morgan fingerprint density at radius 1 is 1.29 bits per heavy atom. The Morgan fingerprint density at radius 2 is 2.00 bits per heavy atom. The summed E-state index contributed by atoms with van der Waals surface area (Å²) in [6.45, 7) is 5.66. The van der Waals surface area contributed by atoms with Crippen molar-refractivity contribution in [2.45, 2.75) is 64.1 Å². The normalized spacial score (nSPS) is 47.5. The Morgan fingerprint density at radius 3 is 2.53 bits per heavy atom. The van der Waals surface area contributed by atoms with Gasteiger partial charge in [-0.25, -0.2) is 0 Å². The van der Waals surface area contributed by atoms with E-state index in [9.17, 15) is 9.90 Å². The molecular formula is C14H22O3. The summed E-state index contributed by atoms with van der Waals surface area (Å²) in [4.78, 5) is 12.0. The molecule has 0 radical (unpaired) electrons. The molecule has 0 aromatic carbocycles. The SMILES string of the molecule is CC(C)(C)C(=O)OC12CC3CC(C1)C(O)(C3)C2. The molecule has 4 atom stereocenters. The van der Waals surface area contributed by atoms with E-state index < -0.39 is 11.0 Å². The fourth-order valence-corrected chi connectivity index (χ4v) is 4.25. The van der Waals surface area contributed by atoms with Crippen LogP contribution in [0.5, 0.6) is 0 Å². The van der Waals surface area contributed by atoms with Gasteiger partial charge >= 0.3 is 5.97 Å². The van der Waals surface area contributed by atoms with Gasteiger partial charge in [-0.05, 0) is 58.3 Å².